The maximum absolute atomic E-state index is 12.7. The monoisotopic (exact) mass is 371 g/mol. The molecule has 1 amide bonds. The van der Waals surface area contributed by atoms with E-state index in [1.165, 1.54) is 41.8 Å². The van der Waals surface area contributed by atoms with Crippen LogP contribution in [-0.2, 0) is 4.79 Å². The molecule has 4 rings (SSSR count). The van der Waals surface area contributed by atoms with Crippen LogP contribution in [0.2, 0.25) is 0 Å². The van der Waals surface area contributed by atoms with E-state index in [1.54, 1.807) is 0 Å². The number of rotatable bonds is 3. The van der Waals surface area contributed by atoms with Crippen molar-refractivity contribution in [3.8, 4) is 0 Å². The molecule has 0 bridgehead atoms. The first kappa shape index (κ1) is 17.9. The topological polar surface area (TPSA) is 36.4 Å². The quantitative estimate of drug-likeness (QED) is 0.808. The second-order valence-corrected chi connectivity index (χ2v) is 8.78. The highest BCUT2D eigenvalue weighted by atomic mass is 32.1. The molecule has 2 saturated heterocycles. The van der Waals surface area contributed by atoms with Crippen LogP contribution in [0.3, 0.4) is 0 Å². The van der Waals surface area contributed by atoms with E-state index in [0.29, 0.717) is 18.4 Å². The van der Waals surface area contributed by atoms with Gasteiger partial charge >= 0.3 is 0 Å². The summed E-state index contributed by atoms with van der Waals surface area (Å²) in [4.78, 5) is 22.0. The van der Waals surface area contributed by atoms with Crippen molar-refractivity contribution in [1.29, 1.82) is 0 Å². The Balaban J connectivity index is 1.30. The summed E-state index contributed by atoms with van der Waals surface area (Å²) in [5.74, 6) is 0.839. The number of carbonyl (C=O) groups is 1. The van der Waals surface area contributed by atoms with Crippen LogP contribution in [0.15, 0.2) is 24.3 Å². The highest BCUT2D eigenvalue weighted by molar-refractivity contribution is 7.18. The minimum Gasteiger partial charge on any atom is -0.342 e. The number of fused-ring (bicyclic) bond motifs is 1. The summed E-state index contributed by atoms with van der Waals surface area (Å²) in [6, 6.07) is 8.38. The van der Waals surface area contributed by atoms with Gasteiger partial charge in [-0.05, 0) is 50.9 Å². The fourth-order valence-electron chi connectivity index (χ4n) is 4.20. The number of hydrogen-bond acceptors (Lipinski definition) is 4. The zero-order valence-electron chi connectivity index (χ0n) is 15.5. The minimum absolute atomic E-state index is 0.327. The number of benzene rings is 1. The van der Waals surface area contributed by atoms with Gasteiger partial charge in [-0.2, -0.15) is 0 Å². The van der Waals surface area contributed by atoms with Crippen LogP contribution in [0.5, 0.6) is 0 Å². The Labute approximate surface area is 160 Å². The number of carbonyl (C=O) groups excluding carboxylic acids is 1. The molecule has 26 heavy (non-hydrogen) atoms. The van der Waals surface area contributed by atoms with Gasteiger partial charge in [-0.25, -0.2) is 4.98 Å². The van der Waals surface area contributed by atoms with Gasteiger partial charge in [0.2, 0.25) is 5.91 Å². The summed E-state index contributed by atoms with van der Waals surface area (Å²) >= 11 is 1.82. The summed E-state index contributed by atoms with van der Waals surface area (Å²) in [6.07, 6.45) is 8.58. The van der Waals surface area contributed by atoms with Crippen LogP contribution < -0.4 is 0 Å². The Morgan fingerprint density at radius 2 is 1.69 bits per heavy atom. The van der Waals surface area contributed by atoms with Crippen LogP contribution >= 0.6 is 11.3 Å². The molecule has 0 radical (unpaired) electrons. The van der Waals surface area contributed by atoms with E-state index >= 15 is 0 Å². The molecular formula is C21H29N3OS. The molecule has 1 aromatic carbocycles. The molecule has 4 nitrogen and oxygen atoms in total. The maximum Gasteiger partial charge on any atom is 0.236 e. The van der Waals surface area contributed by atoms with E-state index in [4.69, 9.17) is 4.98 Å². The molecule has 0 spiro atoms. The predicted octanol–water partition coefficient (Wildman–Crippen LogP) is 4.27. The first-order valence-corrected chi connectivity index (χ1v) is 11.0. The van der Waals surface area contributed by atoms with Crippen molar-refractivity contribution in [2.75, 3.05) is 32.7 Å². The van der Waals surface area contributed by atoms with E-state index in [1.807, 2.05) is 11.3 Å². The third-order valence-corrected chi connectivity index (χ3v) is 7.01. The Morgan fingerprint density at radius 1 is 1.00 bits per heavy atom. The molecule has 0 unspecified atom stereocenters. The third-order valence-electron chi connectivity index (χ3n) is 5.81. The van der Waals surface area contributed by atoms with E-state index in [2.05, 4.69) is 34.1 Å². The first-order chi connectivity index (χ1) is 12.8. The van der Waals surface area contributed by atoms with Gasteiger partial charge in [0, 0.05) is 19.0 Å². The molecule has 140 valence electrons. The lowest BCUT2D eigenvalue weighted by Gasteiger charge is -2.33. The smallest absolute Gasteiger partial charge is 0.236 e. The molecule has 0 saturated carbocycles. The van der Waals surface area contributed by atoms with Gasteiger partial charge in [0.1, 0.15) is 0 Å². The SMILES string of the molecule is O=C(CN1CCCCCCC1)N1CCC(c2nc3ccccc3s2)CC1. The summed E-state index contributed by atoms with van der Waals surface area (Å²) in [5, 5.41) is 1.25. The Kier molecular flexibility index (Phi) is 5.85. The van der Waals surface area contributed by atoms with Crippen LogP contribution in [-0.4, -0.2) is 53.4 Å². The van der Waals surface area contributed by atoms with Gasteiger partial charge in [0.05, 0.1) is 21.8 Å². The van der Waals surface area contributed by atoms with E-state index in [-0.39, 0.29) is 0 Å². The van der Waals surface area contributed by atoms with Crippen molar-refractivity contribution in [3.63, 3.8) is 0 Å². The van der Waals surface area contributed by atoms with E-state index < -0.39 is 0 Å². The van der Waals surface area contributed by atoms with Crippen LogP contribution in [0, 0.1) is 0 Å². The maximum atomic E-state index is 12.7. The second-order valence-electron chi connectivity index (χ2n) is 7.72. The first-order valence-electron chi connectivity index (χ1n) is 10.2. The minimum atomic E-state index is 0.327. The molecule has 0 aliphatic carbocycles. The number of hydrogen-bond donors (Lipinski definition) is 0. The fourth-order valence-corrected chi connectivity index (χ4v) is 5.34. The summed E-state index contributed by atoms with van der Waals surface area (Å²) in [5.41, 5.74) is 1.11. The number of nitrogens with zero attached hydrogens (tertiary/aromatic N) is 3. The molecule has 0 N–H and O–H groups in total. The molecular weight excluding hydrogens is 342 g/mol. The van der Waals surface area contributed by atoms with Gasteiger partial charge in [0.15, 0.2) is 0 Å². The van der Waals surface area contributed by atoms with Crippen LogP contribution in [0.25, 0.3) is 10.2 Å². The molecule has 2 aliphatic rings. The number of para-hydroxylation sites is 1. The van der Waals surface area contributed by atoms with Crippen molar-refractivity contribution in [2.45, 2.75) is 50.9 Å². The van der Waals surface area contributed by atoms with Gasteiger partial charge in [-0.15, -0.1) is 11.3 Å². The Hall–Kier alpha value is -1.46. The lowest BCUT2D eigenvalue weighted by atomic mass is 9.97. The standard InChI is InChI=1S/C21H29N3OS/c25-20(16-23-12-6-2-1-3-7-13-23)24-14-10-17(11-15-24)21-22-18-8-4-5-9-19(18)26-21/h4-5,8-9,17H,1-3,6-7,10-16H2. The van der Waals surface area contributed by atoms with Gasteiger partial charge in [-0.1, -0.05) is 31.4 Å². The van der Waals surface area contributed by atoms with Crippen molar-refractivity contribution in [3.05, 3.63) is 29.3 Å². The third kappa shape index (κ3) is 4.26. The van der Waals surface area contributed by atoms with E-state index in [0.717, 1.165) is 44.5 Å². The lowest BCUT2D eigenvalue weighted by Crippen LogP contribution is -2.44. The van der Waals surface area contributed by atoms with Crippen LogP contribution in [0.4, 0.5) is 0 Å². The Morgan fingerprint density at radius 3 is 2.42 bits per heavy atom. The molecule has 2 fully saturated rings. The molecule has 0 atom stereocenters. The van der Waals surface area contributed by atoms with Crippen molar-refractivity contribution in [2.24, 2.45) is 0 Å². The largest absolute Gasteiger partial charge is 0.342 e. The van der Waals surface area contributed by atoms with E-state index in [9.17, 15) is 4.79 Å². The summed E-state index contributed by atoms with van der Waals surface area (Å²) in [7, 11) is 0. The molecule has 2 aromatic rings. The average Bonchev–Trinajstić information content (AvgIpc) is 3.08. The fraction of sp³-hybridized carbons (Fsp3) is 0.619. The number of piperidine rings is 1. The summed E-state index contributed by atoms with van der Waals surface area (Å²) < 4.78 is 1.28. The normalized spacial score (nSPS) is 20.8. The molecule has 1 aromatic heterocycles. The zero-order valence-corrected chi connectivity index (χ0v) is 16.3. The Bertz CT molecular complexity index is 695. The van der Waals surface area contributed by atoms with Crippen molar-refractivity contribution < 1.29 is 4.79 Å². The highest BCUT2D eigenvalue weighted by Gasteiger charge is 2.26. The summed E-state index contributed by atoms with van der Waals surface area (Å²) in [6.45, 7) is 4.56. The number of thiazole rings is 1. The zero-order chi connectivity index (χ0) is 17.8. The second kappa shape index (κ2) is 8.49. The molecule has 5 heteroatoms. The highest BCUT2D eigenvalue weighted by Crippen LogP contribution is 2.33. The number of aromatic nitrogens is 1. The number of likely N-dealkylation sites (tertiary alicyclic amines) is 2. The van der Waals surface area contributed by atoms with Gasteiger partial charge < -0.3 is 4.90 Å². The van der Waals surface area contributed by atoms with Crippen molar-refractivity contribution >= 4 is 27.5 Å². The predicted molar refractivity (Wildman–Crippen MR) is 108 cm³/mol. The average molecular weight is 372 g/mol. The number of amides is 1. The van der Waals surface area contributed by atoms with Crippen molar-refractivity contribution in [1.82, 2.24) is 14.8 Å². The molecule has 2 aliphatic heterocycles. The van der Waals surface area contributed by atoms with Crippen LogP contribution in [0.1, 0.15) is 55.9 Å². The lowest BCUT2D eigenvalue weighted by molar-refractivity contribution is -0.133. The molecule has 3 heterocycles. The van der Waals surface area contributed by atoms with Gasteiger partial charge in [-0.3, -0.25) is 9.69 Å². The van der Waals surface area contributed by atoms with Gasteiger partial charge in [0.25, 0.3) is 0 Å².